The maximum atomic E-state index is 13.6. The van der Waals surface area contributed by atoms with Crippen molar-refractivity contribution in [2.24, 2.45) is 16.7 Å². The fraction of sp³-hybridized carbons (Fsp3) is 0.800. The highest BCUT2D eigenvalue weighted by Gasteiger charge is 2.55. The first-order valence-corrected chi connectivity index (χ1v) is 12.8. The molecule has 2 aliphatic heterocycles. The van der Waals surface area contributed by atoms with Gasteiger partial charge in [-0.3, -0.25) is 19.2 Å². The van der Waals surface area contributed by atoms with E-state index < -0.39 is 53.4 Å². The van der Waals surface area contributed by atoms with Gasteiger partial charge in [-0.05, 0) is 55.8 Å². The lowest BCUT2D eigenvalue weighted by atomic mass is 9.67. The molecule has 2 aliphatic carbocycles. The fourth-order valence-corrected chi connectivity index (χ4v) is 5.93. The van der Waals surface area contributed by atoms with Crippen molar-refractivity contribution in [2.75, 3.05) is 6.54 Å². The van der Waals surface area contributed by atoms with E-state index in [2.05, 4.69) is 10.6 Å². The highest BCUT2D eigenvalue weighted by molar-refractivity contribution is 5.94. The van der Waals surface area contributed by atoms with Gasteiger partial charge in [0.15, 0.2) is 0 Å². The topological polar surface area (TPSA) is 131 Å². The SMILES string of the molecule is CC(C)(C)C(NC(=O)C(F)(F)F)C(=O)N1CC2(CCC2)CC1C(=O)NC(C#N)CC1CC2(CC2)NC1=O. The molecule has 37 heavy (non-hydrogen) atoms. The van der Waals surface area contributed by atoms with Crippen LogP contribution in [0.2, 0.25) is 0 Å². The minimum atomic E-state index is -5.16. The van der Waals surface area contributed by atoms with E-state index in [0.29, 0.717) is 12.8 Å². The molecular formula is C25H34F3N5O4. The van der Waals surface area contributed by atoms with Gasteiger partial charge in [0.2, 0.25) is 17.7 Å². The second-order valence-corrected chi connectivity index (χ2v) is 12.4. The molecular weight excluding hydrogens is 491 g/mol. The number of hydrogen-bond acceptors (Lipinski definition) is 5. The molecule has 0 aromatic heterocycles. The number of hydrogen-bond donors (Lipinski definition) is 3. The van der Waals surface area contributed by atoms with Gasteiger partial charge in [-0.15, -0.1) is 0 Å². The second kappa shape index (κ2) is 9.17. The molecule has 0 radical (unpaired) electrons. The van der Waals surface area contributed by atoms with Crippen LogP contribution in [0.1, 0.15) is 72.1 Å². The molecule has 2 heterocycles. The van der Waals surface area contributed by atoms with Crippen molar-refractivity contribution < 1.29 is 32.3 Å². The van der Waals surface area contributed by atoms with Crippen molar-refractivity contribution in [1.29, 1.82) is 5.26 Å². The molecule has 4 unspecified atom stereocenters. The highest BCUT2D eigenvalue weighted by atomic mass is 19.4. The molecule has 0 aromatic rings. The van der Waals surface area contributed by atoms with Gasteiger partial charge in [0, 0.05) is 18.0 Å². The van der Waals surface area contributed by atoms with E-state index in [0.717, 1.165) is 32.1 Å². The monoisotopic (exact) mass is 525 g/mol. The lowest BCUT2D eigenvalue weighted by molar-refractivity contribution is -0.176. The zero-order valence-electron chi connectivity index (χ0n) is 21.3. The summed E-state index contributed by atoms with van der Waals surface area (Å²) in [5, 5.41) is 17.2. The van der Waals surface area contributed by atoms with Gasteiger partial charge in [-0.25, -0.2) is 0 Å². The Kier molecular flexibility index (Phi) is 6.74. The predicted octanol–water partition coefficient (Wildman–Crippen LogP) is 1.92. The number of nitrogens with zero attached hydrogens (tertiary/aromatic N) is 2. The largest absolute Gasteiger partial charge is 0.471 e. The molecule has 4 aliphatic rings. The number of carbonyl (C=O) groups is 4. The van der Waals surface area contributed by atoms with Crippen molar-refractivity contribution >= 4 is 23.6 Å². The molecule has 12 heteroatoms. The Balaban J connectivity index is 1.49. The Hall–Kier alpha value is -2.84. The summed E-state index contributed by atoms with van der Waals surface area (Å²) < 4.78 is 39.0. The zero-order chi connectivity index (χ0) is 27.4. The number of rotatable bonds is 6. The molecule has 4 atom stereocenters. The summed E-state index contributed by atoms with van der Waals surface area (Å²) in [5.74, 6) is -4.07. The van der Waals surface area contributed by atoms with Crippen LogP contribution >= 0.6 is 0 Å². The summed E-state index contributed by atoms with van der Waals surface area (Å²) in [6.45, 7) is 4.83. The summed E-state index contributed by atoms with van der Waals surface area (Å²) in [6, 6.07) is -1.40. The van der Waals surface area contributed by atoms with E-state index in [4.69, 9.17) is 0 Å². The van der Waals surface area contributed by atoms with Crippen LogP contribution in [0.5, 0.6) is 0 Å². The fourth-order valence-electron chi connectivity index (χ4n) is 5.93. The quantitative estimate of drug-likeness (QED) is 0.488. The zero-order valence-corrected chi connectivity index (χ0v) is 21.3. The number of carbonyl (C=O) groups excluding carboxylic acids is 4. The van der Waals surface area contributed by atoms with Gasteiger partial charge in [0.25, 0.3) is 0 Å². The summed E-state index contributed by atoms with van der Waals surface area (Å²) in [4.78, 5) is 52.3. The molecule has 9 nitrogen and oxygen atoms in total. The third-order valence-corrected chi connectivity index (χ3v) is 8.40. The molecule has 3 N–H and O–H groups in total. The Morgan fingerprint density at radius 1 is 1.14 bits per heavy atom. The molecule has 4 fully saturated rings. The number of nitrogens with one attached hydrogen (secondary N) is 3. The van der Waals surface area contributed by atoms with Gasteiger partial charge in [0.1, 0.15) is 18.1 Å². The van der Waals surface area contributed by atoms with Crippen molar-refractivity contribution in [1.82, 2.24) is 20.9 Å². The first-order valence-electron chi connectivity index (χ1n) is 12.8. The van der Waals surface area contributed by atoms with Crippen LogP contribution in [0.3, 0.4) is 0 Å². The van der Waals surface area contributed by atoms with Gasteiger partial charge in [0.05, 0.1) is 6.07 Å². The number of nitriles is 1. The van der Waals surface area contributed by atoms with Crippen LogP contribution in [0, 0.1) is 28.1 Å². The Bertz CT molecular complexity index is 1020. The average molecular weight is 526 g/mol. The molecule has 2 spiro atoms. The minimum Gasteiger partial charge on any atom is -0.350 e. The van der Waals surface area contributed by atoms with E-state index in [9.17, 15) is 37.6 Å². The summed E-state index contributed by atoms with van der Waals surface area (Å²) >= 11 is 0. The van der Waals surface area contributed by atoms with Gasteiger partial charge in [-0.2, -0.15) is 18.4 Å². The number of amides is 4. The first kappa shape index (κ1) is 27.2. The number of likely N-dealkylation sites (tertiary alicyclic amines) is 1. The molecule has 204 valence electrons. The van der Waals surface area contributed by atoms with E-state index in [1.807, 2.05) is 11.4 Å². The van der Waals surface area contributed by atoms with Crippen molar-refractivity contribution in [3.63, 3.8) is 0 Å². The van der Waals surface area contributed by atoms with Crippen LogP contribution in [-0.4, -0.2) is 64.9 Å². The van der Waals surface area contributed by atoms with E-state index in [-0.39, 0.29) is 29.8 Å². The third-order valence-electron chi connectivity index (χ3n) is 8.40. The molecule has 4 amide bonds. The average Bonchev–Trinajstić information content (AvgIpc) is 3.25. The summed E-state index contributed by atoms with van der Waals surface area (Å²) in [5.41, 5.74) is -1.53. The molecule has 2 saturated heterocycles. The van der Waals surface area contributed by atoms with Crippen LogP contribution in [0.4, 0.5) is 13.2 Å². The Morgan fingerprint density at radius 2 is 1.78 bits per heavy atom. The van der Waals surface area contributed by atoms with E-state index in [1.165, 1.54) is 4.90 Å². The molecule has 4 rings (SSSR count). The van der Waals surface area contributed by atoms with Crippen LogP contribution in [0.15, 0.2) is 0 Å². The number of alkyl halides is 3. The maximum Gasteiger partial charge on any atom is 0.471 e. The maximum absolute atomic E-state index is 13.6. The lowest BCUT2D eigenvalue weighted by Crippen LogP contribution is -2.59. The van der Waals surface area contributed by atoms with Crippen LogP contribution in [0.25, 0.3) is 0 Å². The predicted molar refractivity (Wildman–Crippen MR) is 124 cm³/mol. The van der Waals surface area contributed by atoms with Crippen LogP contribution in [-0.2, 0) is 19.2 Å². The van der Waals surface area contributed by atoms with Gasteiger partial charge < -0.3 is 20.9 Å². The Labute approximate surface area is 213 Å². The van der Waals surface area contributed by atoms with Crippen molar-refractivity contribution in [3.8, 4) is 6.07 Å². The lowest BCUT2D eigenvalue weighted by Gasteiger charge is -2.39. The molecule has 2 saturated carbocycles. The highest BCUT2D eigenvalue weighted by Crippen LogP contribution is 2.51. The minimum absolute atomic E-state index is 0.133. The molecule has 0 aromatic carbocycles. The van der Waals surface area contributed by atoms with Crippen molar-refractivity contribution in [3.05, 3.63) is 0 Å². The van der Waals surface area contributed by atoms with Gasteiger partial charge >= 0.3 is 12.1 Å². The first-order chi connectivity index (χ1) is 17.1. The van der Waals surface area contributed by atoms with Crippen molar-refractivity contribution in [2.45, 2.75) is 102 Å². The van der Waals surface area contributed by atoms with Crippen LogP contribution < -0.4 is 16.0 Å². The van der Waals surface area contributed by atoms with E-state index in [1.54, 1.807) is 20.8 Å². The summed E-state index contributed by atoms with van der Waals surface area (Å²) in [6.07, 6.45) is 0.218. The molecule has 0 bridgehead atoms. The Morgan fingerprint density at radius 3 is 2.24 bits per heavy atom. The summed E-state index contributed by atoms with van der Waals surface area (Å²) in [7, 11) is 0. The normalized spacial score (nSPS) is 27.2. The standard InChI is InChI=1S/C25H34F3N5O4/c1-22(2,3)17(31-21(37)25(26,27)28)20(36)33-13-23(5-4-6-23)11-16(33)19(35)30-15(12-29)9-14-10-24(7-8-24)32-18(14)34/h14-17H,4-11,13H2,1-3H3,(H,30,35)(H,31,37)(H,32,34). The number of halogens is 3. The van der Waals surface area contributed by atoms with Gasteiger partial charge in [-0.1, -0.05) is 27.2 Å². The smallest absolute Gasteiger partial charge is 0.350 e. The van der Waals surface area contributed by atoms with E-state index >= 15 is 0 Å². The second-order valence-electron chi connectivity index (χ2n) is 12.4. The third kappa shape index (κ3) is 5.55.